The molecule has 0 saturated carbocycles. The van der Waals surface area contributed by atoms with Crippen molar-refractivity contribution in [1.29, 1.82) is 0 Å². The number of rotatable bonds is 2. The molecule has 2 N–H and O–H groups in total. The zero-order valence-corrected chi connectivity index (χ0v) is 10.9. The number of hydrogen-bond acceptors (Lipinski definition) is 2. The van der Waals surface area contributed by atoms with Crippen molar-refractivity contribution in [2.75, 3.05) is 13.1 Å². The number of nitrogens with one attached hydrogen (secondary N) is 1. The first-order chi connectivity index (χ1) is 9.06. The van der Waals surface area contributed by atoms with Gasteiger partial charge in [-0.25, -0.2) is 4.79 Å². The van der Waals surface area contributed by atoms with Crippen LogP contribution in [0.4, 0.5) is 4.79 Å². The Morgan fingerprint density at radius 1 is 1.21 bits per heavy atom. The maximum absolute atomic E-state index is 12.0. The van der Waals surface area contributed by atoms with Gasteiger partial charge in [-0.2, -0.15) is 0 Å². The van der Waals surface area contributed by atoms with Crippen LogP contribution in [0.3, 0.4) is 0 Å². The standard InChI is InChI=1S/C14H18N2O3/c1-10-2-4-11(5-3-10)13(17)15-12-6-8-16(9-7-12)14(18)19/h2-5,12H,6-9H2,1H3,(H,15,17)(H,18,19). The highest BCUT2D eigenvalue weighted by Crippen LogP contribution is 2.11. The maximum Gasteiger partial charge on any atom is 0.407 e. The van der Waals surface area contributed by atoms with E-state index in [2.05, 4.69) is 5.32 Å². The number of piperidine rings is 1. The molecule has 5 heteroatoms. The summed E-state index contributed by atoms with van der Waals surface area (Å²) >= 11 is 0. The first kappa shape index (κ1) is 13.4. The number of likely N-dealkylation sites (tertiary alicyclic amines) is 1. The van der Waals surface area contributed by atoms with Gasteiger partial charge >= 0.3 is 6.09 Å². The Balaban J connectivity index is 1.87. The van der Waals surface area contributed by atoms with E-state index in [0.717, 1.165) is 5.56 Å². The van der Waals surface area contributed by atoms with Crippen molar-refractivity contribution >= 4 is 12.0 Å². The van der Waals surface area contributed by atoms with Gasteiger partial charge in [0.15, 0.2) is 0 Å². The summed E-state index contributed by atoms with van der Waals surface area (Å²) in [5.41, 5.74) is 1.76. The Morgan fingerprint density at radius 3 is 2.32 bits per heavy atom. The maximum atomic E-state index is 12.0. The molecule has 1 fully saturated rings. The molecule has 0 spiro atoms. The number of aryl methyl sites for hydroxylation is 1. The van der Waals surface area contributed by atoms with Crippen molar-refractivity contribution in [2.45, 2.75) is 25.8 Å². The van der Waals surface area contributed by atoms with Gasteiger partial charge < -0.3 is 15.3 Å². The summed E-state index contributed by atoms with van der Waals surface area (Å²) in [6, 6.07) is 7.47. The van der Waals surface area contributed by atoms with Crippen molar-refractivity contribution in [1.82, 2.24) is 10.2 Å². The third-order valence-corrected chi connectivity index (χ3v) is 3.41. The molecule has 1 saturated heterocycles. The Hall–Kier alpha value is -2.04. The number of amides is 2. The highest BCUT2D eigenvalue weighted by molar-refractivity contribution is 5.94. The summed E-state index contributed by atoms with van der Waals surface area (Å²) in [6.45, 7) is 2.94. The lowest BCUT2D eigenvalue weighted by atomic mass is 10.0. The van der Waals surface area contributed by atoms with Gasteiger partial charge in [0.1, 0.15) is 0 Å². The summed E-state index contributed by atoms with van der Waals surface area (Å²) in [6.07, 6.45) is 0.455. The van der Waals surface area contributed by atoms with E-state index in [9.17, 15) is 9.59 Å². The second-order valence-corrected chi connectivity index (χ2v) is 4.88. The van der Waals surface area contributed by atoms with E-state index >= 15 is 0 Å². The highest BCUT2D eigenvalue weighted by atomic mass is 16.4. The zero-order valence-electron chi connectivity index (χ0n) is 10.9. The average Bonchev–Trinajstić information content (AvgIpc) is 2.40. The fraction of sp³-hybridized carbons (Fsp3) is 0.429. The predicted molar refractivity (Wildman–Crippen MR) is 71.3 cm³/mol. The van der Waals surface area contributed by atoms with Crippen molar-refractivity contribution in [3.8, 4) is 0 Å². The highest BCUT2D eigenvalue weighted by Gasteiger charge is 2.23. The molecule has 0 aromatic heterocycles. The lowest BCUT2D eigenvalue weighted by Gasteiger charge is -2.30. The fourth-order valence-electron chi connectivity index (χ4n) is 2.19. The van der Waals surface area contributed by atoms with Crippen LogP contribution in [-0.4, -0.2) is 41.1 Å². The Morgan fingerprint density at radius 2 is 1.79 bits per heavy atom. The molecular formula is C14H18N2O3. The van der Waals surface area contributed by atoms with Crippen LogP contribution in [0.5, 0.6) is 0 Å². The molecule has 0 atom stereocenters. The second kappa shape index (κ2) is 5.73. The van der Waals surface area contributed by atoms with Crippen LogP contribution in [0, 0.1) is 6.92 Å². The van der Waals surface area contributed by atoms with Crippen LogP contribution in [0.1, 0.15) is 28.8 Å². The van der Waals surface area contributed by atoms with E-state index in [0.29, 0.717) is 31.5 Å². The van der Waals surface area contributed by atoms with E-state index < -0.39 is 6.09 Å². The molecule has 0 unspecified atom stereocenters. The summed E-state index contributed by atoms with van der Waals surface area (Å²) in [7, 11) is 0. The zero-order chi connectivity index (χ0) is 13.8. The molecule has 1 heterocycles. The average molecular weight is 262 g/mol. The van der Waals surface area contributed by atoms with E-state index in [1.54, 1.807) is 12.1 Å². The molecule has 1 aliphatic heterocycles. The van der Waals surface area contributed by atoms with E-state index in [1.165, 1.54) is 4.90 Å². The van der Waals surface area contributed by atoms with Gasteiger partial charge in [-0.3, -0.25) is 4.79 Å². The van der Waals surface area contributed by atoms with Crippen molar-refractivity contribution in [2.24, 2.45) is 0 Å². The first-order valence-electron chi connectivity index (χ1n) is 6.41. The van der Waals surface area contributed by atoms with Crippen LogP contribution in [0.2, 0.25) is 0 Å². The largest absolute Gasteiger partial charge is 0.465 e. The van der Waals surface area contributed by atoms with Crippen molar-refractivity contribution in [3.63, 3.8) is 0 Å². The van der Waals surface area contributed by atoms with E-state index in [4.69, 9.17) is 5.11 Å². The molecule has 1 aromatic carbocycles. The van der Waals surface area contributed by atoms with Gasteiger partial charge in [0, 0.05) is 24.7 Å². The van der Waals surface area contributed by atoms with Gasteiger partial charge in [-0.05, 0) is 31.9 Å². The molecule has 19 heavy (non-hydrogen) atoms. The molecule has 2 rings (SSSR count). The topological polar surface area (TPSA) is 69.6 Å². The van der Waals surface area contributed by atoms with Gasteiger partial charge in [0.2, 0.25) is 0 Å². The number of carbonyl (C=O) groups excluding carboxylic acids is 1. The molecule has 0 bridgehead atoms. The van der Waals surface area contributed by atoms with E-state index in [1.807, 2.05) is 19.1 Å². The van der Waals surface area contributed by atoms with Crippen LogP contribution in [-0.2, 0) is 0 Å². The van der Waals surface area contributed by atoms with Crippen LogP contribution < -0.4 is 5.32 Å². The van der Waals surface area contributed by atoms with Gasteiger partial charge in [0.05, 0.1) is 0 Å². The lowest BCUT2D eigenvalue weighted by Crippen LogP contribution is -2.46. The molecule has 5 nitrogen and oxygen atoms in total. The number of benzene rings is 1. The Bertz CT molecular complexity index is 462. The minimum atomic E-state index is -0.886. The number of carboxylic acid groups (broad SMARTS) is 1. The van der Waals surface area contributed by atoms with Crippen LogP contribution in [0.25, 0.3) is 0 Å². The van der Waals surface area contributed by atoms with Gasteiger partial charge in [-0.1, -0.05) is 17.7 Å². The molecule has 102 valence electrons. The molecule has 2 amide bonds. The van der Waals surface area contributed by atoms with Crippen molar-refractivity contribution < 1.29 is 14.7 Å². The second-order valence-electron chi connectivity index (χ2n) is 4.88. The van der Waals surface area contributed by atoms with Crippen molar-refractivity contribution in [3.05, 3.63) is 35.4 Å². The summed E-state index contributed by atoms with van der Waals surface area (Å²) in [5.74, 6) is -0.0891. The molecule has 1 aromatic rings. The normalized spacial score (nSPS) is 16.2. The monoisotopic (exact) mass is 262 g/mol. The quantitative estimate of drug-likeness (QED) is 0.854. The van der Waals surface area contributed by atoms with Crippen LogP contribution in [0.15, 0.2) is 24.3 Å². The molecular weight excluding hydrogens is 244 g/mol. The SMILES string of the molecule is Cc1ccc(C(=O)NC2CCN(C(=O)O)CC2)cc1. The summed E-state index contributed by atoms with van der Waals surface area (Å²) < 4.78 is 0. The number of nitrogens with zero attached hydrogens (tertiary/aromatic N) is 1. The Kier molecular flexibility index (Phi) is 4.04. The van der Waals surface area contributed by atoms with Gasteiger partial charge in [-0.15, -0.1) is 0 Å². The van der Waals surface area contributed by atoms with Gasteiger partial charge in [0.25, 0.3) is 5.91 Å². The fourth-order valence-corrected chi connectivity index (χ4v) is 2.19. The summed E-state index contributed by atoms with van der Waals surface area (Å²) in [4.78, 5) is 24.2. The third-order valence-electron chi connectivity index (χ3n) is 3.41. The predicted octanol–water partition coefficient (Wildman–Crippen LogP) is 1.87. The van der Waals surface area contributed by atoms with Crippen LogP contribution >= 0.6 is 0 Å². The smallest absolute Gasteiger partial charge is 0.407 e. The summed E-state index contributed by atoms with van der Waals surface area (Å²) in [5, 5.41) is 11.8. The first-order valence-corrected chi connectivity index (χ1v) is 6.41. The van der Waals surface area contributed by atoms with E-state index in [-0.39, 0.29) is 11.9 Å². The minimum Gasteiger partial charge on any atom is -0.465 e. The molecule has 0 aliphatic carbocycles. The molecule has 0 radical (unpaired) electrons. The Labute approximate surface area is 112 Å². The lowest BCUT2D eigenvalue weighted by molar-refractivity contribution is 0.0907. The number of hydrogen-bond donors (Lipinski definition) is 2. The molecule has 1 aliphatic rings. The third kappa shape index (κ3) is 3.47. The minimum absolute atomic E-state index is 0.0596. The number of carbonyl (C=O) groups is 2.